The van der Waals surface area contributed by atoms with Crippen LogP contribution in [0, 0.1) is 0 Å². The zero-order valence-corrected chi connectivity index (χ0v) is 5.13. The molecule has 0 amide bonds. The van der Waals surface area contributed by atoms with Crippen molar-refractivity contribution < 1.29 is 9.84 Å². The van der Waals surface area contributed by atoms with Gasteiger partial charge < -0.3 is 9.84 Å². The molecule has 0 bridgehead atoms. The van der Waals surface area contributed by atoms with E-state index in [4.69, 9.17) is 9.84 Å². The summed E-state index contributed by atoms with van der Waals surface area (Å²) in [5, 5.41) is 8.41. The summed E-state index contributed by atoms with van der Waals surface area (Å²) in [6, 6.07) is 0. The minimum Gasteiger partial charge on any atom is -0.396 e. The van der Waals surface area contributed by atoms with Gasteiger partial charge in [0.05, 0.1) is 12.2 Å². The fourth-order valence-corrected chi connectivity index (χ4v) is 0.919. The van der Waals surface area contributed by atoms with Crippen molar-refractivity contribution in [3.8, 4) is 0 Å². The van der Waals surface area contributed by atoms with Gasteiger partial charge in [0.2, 0.25) is 0 Å². The predicted octanol–water partition coefficient (Wildman–Crippen LogP) is 0.546. The van der Waals surface area contributed by atoms with Gasteiger partial charge in [-0.25, -0.2) is 0 Å². The Morgan fingerprint density at radius 2 is 2.25 bits per heavy atom. The van der Waals surface area contributed by atoms with Gasteiger partial charge in [-0.05, 0) is 12.8 Å². The molecule has 48 valence electrons. The normalized spacial score (nSPS) is 35.2. The molecule has 0 aromatic carbocycles. The van der Waals surface area contributed by atoms with Gasteiger partial charge in [-0.3, -0.25) is 0 Å². The molecule has 2 atom stereocenters. The number of aliphatic hydroxyl groups excluding tert-OH is 1. The molecule has 1 aliphatic heterocycles. The Hall–Kier alpha value is -0.0800. The number of rotatable bonds is 3. The van der Waals surface area contributed by atoms with Crippen LogP contribution in [0.1, 0.15) is 19.8 Å². The Kier molecular flexibility index (Phi) is 1.86. The lowest BCUT2D eigenvalue weighted by Gasteiger charge is -1.84. The van der Waals surface area contributed by atoms with Crippen molar-refractivity contribution in [2.45, 2.75) is 32.0 Å². The Balaban J connectivity index is 1.99. The third-order valence-corrected chi connectivity index (χ3v) is 1.50. The number of ether oxygens (including phenoxy) is 1. The largest absolute Gasteiger partial charge is 0.396 e. The summed E-state index contributed by atoms with van der Waals surface area (Å²) in [7, 11) is 0. The van der Waals surface area contributed by atoms with Gasteiger partial charge in [0.1, 0.15) is 0 Å². The predicted molar refractivity (Wildman–Crippen MR) is 30.7 cm³/mol. The monoisotopic (exact) mass is 116 g/mol. The van der Waals surface area contributed by atoms with Gasteiger partial charge in [0.15, 0.2) is 0 Å². The summed E-state index contributed by atoms with van der Waals surface area (Å²) in [5.74, 6) is 0. The van der Waals surface area contributed by atoms with Crippen LogP contribution >= 0.6 is 0 Å². The lowest BCUT2D eigenvalue weighted by molar-refractivity contribution is 0.262. The molecule has 1 saturated heterocycles. The molecule has 1 rings (SSSR count). The zero-order valence-electron chi connectivity index (χ0n) is 5.13. The maximum atomic E-state index is 8.41. The Morgan fingerprint density at radius 3 is 2.62 bits per heavy atom. The van der Waals surface area contributed by atoms with Crippen molar-refractivity contribution in [3.05, 3.63) is 0 Å². The number of epoxide rings is 1. The minimum absolute atomic E-state index is 0.265. The second kappa shape index (κ2) is 2.46. The zero-order chi connectivity index (χ0) is 5.98. The summed E-state index contributed by atoms with van der Waals surface area (Å²) < 4.78 is 5.15. The molecule has 8 heavy (non-hydrogen) atoms. The van der Waals surface area contributed by atoms with Crippen LogP contribution in [0.2, 0.25) is 0 Å². The van der Waals surface area contributed by atoms with E-state index in [9.17, 15) is 0 Å². The van der Waals surface area contributed by atoms with Crippen LogP contribution in [0.4, 0.5) is 0 Å². The number of hydrogen-bond donors (Lipinski definition) is 1. The van der Waals surface area contributed by atoms with E-state index in [1.807, 2.05) is 0 Å². The molecule has 1 aliphatic rings. The highest BCUT2D eigenvalue weighted by molar-refractivity contribution is 4.82. The van der Waals surface area contributed by atoms with Crippen LogP contribution in [0.15, 0.2) is 0 Å². The van der Waals surface area contributed by atoms with Crippen LogP contribution in [0.5, 0.6) is 0 Å². The van der Waals surface area contributed by atoms with E-state index in [0.29, 0.717) is 12.2 Å². The van der Waals surface area contributed by atoms with Gasteiger partial charge in [0, 0.05) is 6.61 Å². The van der Waals surface area contributed by atoms with Crippen LogP contribution in [-0.4, -0.2) is 23.9 Å². The Bertz CT molecular complexity index is 72.9. The van der Waals surface area contributed by atoms with Crippen molar-refractivity contribution in [3.63, 3.8) is 0 Å². The lowest BCUT2D eigenvalue weighted by atomic mass is 10.2. The minimum atomic E-state index is 0.265. The van der Waals surface area contributed by atoms with Crippen molar-refractivity contribution in [2.24, 2.45) is 0 Å². The first-order chi connectivity index (χ1) is 3.88. The summed E-state index contributed by atoms with van der Waals surface area (Å²) in [6.45, 7) is 2.36. The summed E-state index contributed by atoms with van der Waals surface area (Å²) in [5.41, 5.74) is 0. The van der Waals surface area contributed by atoms with Gasteiger partial charge in [-0.1, -0.05) is 6.92 Å². The molecular weight excluding hydrogens is 104 g/mol. The molecule has 0 aliphatic carbocycles. The average Bonchev–Trinajstić information content (AvgIpc) is 2.48. The third kappa shape index (κ3) is 1.20. The number of hydrogen-bond acceptors (Lipinski definition) is 2. The van der Waals surface area contributed by atoms with E-state index >= 15 is 0 Å². The first-order valence-corrected chi connectivity index (χ1v) is 3.14. The Morgan fingerprint density at radius 1 is 1.50 bits per heavy atom. The highest BCUT2D eigenvalue weighted by Gasteiger charge is 2.35. The van der Waals surface area contributed by atoms with E-state index < -0.39 is 0 Å². The highest BCUT2D eigenvalue weighted by Crippen LogP contribution is 2.27. The van der Waals surface area contributed by atoms with Crippen LogP contribution in [0.3, 0.4) is 0 Å². The fraction of sp³-hybridized carbons (Fsp3) is 1.00. The van der Waals surface area contributed by atoms with Gasteiger partial charge in [-0.2, -0.15) is 0 Å². The molecule has 2 nitrogen and oxygen atoms in total. The molecular formula is C6H12O2. The van der Waals surface area contributed by atoms with Crippen molar-refractivity contribution in [2.75, 3.05) is 6.61 Å². The maximum Gasteiger partial charge on any atom is 0.0863 e. The van der Waals surface area contributed by atoms with Crippen LogP contribution in [0.25, 0.3) is 0 Å². The second-order valence-electron chi connectivity index (χ2n) is 2.13. The first-order valence-electron chi connectivity index (χ1n) is 3.14. The summed E-state index contributed by atoms with van der Waals surface area (Å²) >= 11 is 0. The quantitative estimate of drug-likeness (QED) is 0.546. The SMILES string of the molecule is CC[C@@H]1OC1CCO. The summed E-state index contributed by atoms with van der Waals surface area (Å²) in [4.78, 5) is 0. The third-order valence-electron chi connectivity index (χ3n) is 1.50. The van der Waals surface area contributed by atoms with Gasteiger partial charge >= 0.3 is 0 Å². The molecule has 0 aromatic heterocycles. The smallest absolute Gasteiger partial charge is 0.0863 e. The molecule has 0 saturated carbocycles. The first kappa shape index (κ1) is 6.05. The molecule has 0 radical (unpaired) electrons. The van der Waals surface area contributed by atoms with Gasteiger partial charge in [0.25, 0.3) is 0 Å². The van der Waals surface area contributed by atoms with Gasteiger partial charge in [-0.15, -0.1) is 0 Å². The number of aliphatic hydroxyl groups is 1. The average molecular weight is 116 g/mol. The standard InChI is InChI=1S/C6H12O2/c1-2-5-6(8-5)3-4-7/h5-7H,2-4H2,1H3/t5-,6?/m0/s1. The molecule has 0 aromatic rings. The lowest BCUT2D eigenvalue weighted by Crippen LogP contribution is -1.94. The maximum absolute atomic E-state index is 8.41. The molecule has 0 spiro atoms. The van der Waals surface area contributed by atoms with E-state index in [2.05, 4.69) is 6.92 Å². The van der Waals surface area contributed by atoms with Crippen molar-refractivity contribution in [1.82, 2.24) is 0 Å². The van der Waals surface area contributed by atoms with Crippen LogP contribution < -0.4 is 0 Å². The van der Waals surface area contributed by atoms with E-state index in [-0.39, 0.29) is 6.61 Å². The van der Waals surface area contributed by atoms with E-state index in [1.54, 1.807) is 0 Å². The Labute approximate surface area is 49.5 Å². The molecule has 1 fully saturated rings. The highest BCUT2D eigenvalue weighted by atomic mass is 16.6. The summed E-state index contributed by atoms with van der Waals surface area (Å²) in [6.07, 6.45) is 2.75. The molecule has 2 heteroatoms. The fourth-order valence-electron chi connectivity index (χ4n) is 0.919. The topological polar surface area (TPSA) is 32.8 Å². The van der Waals surface area contributed by atoms with E-state index in [1.165, 1.54) is 0 Å². The molecule has 1 unspecified atom stereocenters. The van der Waals surface area contributed by atoms with Crippen LogP contribution in [-0.2, 0) is 4.74 Å². The van der Waals surface area contributed by atoms with Crippen molar-refractivity contribution in [1.29, 1.82) is 0 Å². The molecule has 1 heterocycles. The second-order valence-corrected chi connectivity index (χ2v) is 2.13. The van der Waals surface area contributed by atoms with Crippen molar-refractivity contribution >= 4 is 0 Å². The van der Waals surface area contributed by atoms with E-state index in [0.717, 1.165) is 12.8 Å². The molecule has 1 N–H and O–H groups in total.